The number of piperidine rings is 1. The summed E-state index contributed by atoms with van der Waals surface area (Å²) < 4.78 is 6.96. The van der Waals surface area contributed by atoms with E-state index in [9.17, 15) is 9.59 Å². The highest BCUT2D eigenvalue weighted by Crippen LogP contribution is 2.15. The van der Waals surface area contributed by atoms with Crippen molar-refractivity contribution in [2.45, 2.75) is 25.9 Å². The van der Waals surface area contributed by atoms with Gasteiger partial charge in [0.25, 0.3) is 5.91 Å². The molecule has 0 radical (unpaired) electrons. The van der Waals surface area contributed by atoms with Crippen molar-refractivity contribution in [3.05, 3.63) is 58.0 Å². The second kappa shape index (κ2) is 6.97. The zero-order valence-corrected chi connectivity index (χ0v) is 13.9. The summed E-state index contributed by atoms with van der Waals surface area (Å²) in [4.78, 5) is 26.7. The van der Waals surface area contributed by atoms with Gasteiger partial charge >= 0.3 is 0 Å². The standard InChI is InChI=1S/C18H21N3O3/c1-13-12-16(22)17(19-21(13)14-6-4-3-5-7-14)18(23)20-10-8-15(24-2)9-11-20/h3-7,12,15H,8-11H2,1-2H3. The Balaban J connectivity index is 1.91. The maximum Gasteiger partial charge on any atom is 0.278 e. The minimum Gasteiger partial charge on any atom is -0.381 e. The minimum absolute atomic E-state index is 0.0275. The Labute approximate surface area is 140 Å². The molecule has 0 bridgehead atoms. The molecule has 24 heavy (non-hydrogen) atoms. The molecule has 1 aliphatic heterocycles. The fraction of sp³-hybridized carbons (Fsp3) is 0.389. The minimum atomic E-state index is -0.335. The quantitative estimate of drug-likeness (QED) is 0.862. The van der Waals surface area contributed by atoms with Gasteiger partial charge < -0.3 is 9.64 Å². The number of benzene rings is 1. The monoisotopic (exact) mass is 327 g/mol. The van der Waals surface area contributed by atoms with Crippen LogP contribution < -0.4 is 5.43 Å². The third-order valence-electron chi connectivity index (χ3n) is 4.37. The molecule has 1 aromatic heterocycles. The van der Waals surface area contributed by atoms with E-state index >= 15 is 0 Å². The van der Waals surface area contributed by atoms with E-state index in [-0.39, 0.29) is 23.1 Å². The molecule has 2 aromatic rings. The van der Waals surface area contributed by atoms with Gasteiger partial charge in [-0.1, -0.05) is 18.2 Å². The first-order valence-corrected chi connectivity index (χ1v) is 8.08. The zero-order valence-electron chi connectivity index (χ0n) is 13.9. The molecule has 1 amide bonds. The number of para-hydroxylation sites is 1. The molecule has 1 aromatic carbocycles. The van der Waals surface area contributed by atoms with Gasteiger partial charge in [0.05, 0.1) is 11.8 Å². The first kappa shape index (κ1) is 16.4. The summed E-state index contributed by atoms with van der Waals surface area (Å²) in [7, 11) is 1.68. The lowest BCUT2D eigenvalue weighted by atomic mass is 10.1. The lowest BCUT2D eigenvalue weighted by Gasteiger charge is -2.30. The molecule has 2 heterocycles. The fourth-order valence-electron chi connectivity index (χ4n) is 2.97. The molecule has 3 rings (SSSR count). The molecule has 0 saturated carbocycles. The van der Waals surface area contributed by atoms with Gasteiger partial charge in [-0.2, -0.15) is 5.10 Å². The zero-order chi connectivity index (χ0) is 17.1. The first-order valence-electron chi connectivity index (χ1n) is 8.08. The molecule has 1 fully saturated rings. The van der Waals surface area contributed by atoms with Crippen LogP contribution in [0.3, 0.4) is 0 Å². The predicted molar refractivity (Wildman–Crippen MR) is 90.5 cm³/mol. The van der Waals surface area contributed by atoms with Crippen LogP contribution in [-0.2, 0) is 4.74 Å². The van der Waals surface area contributed by atoms with E-state index < -0.39 is 0 Å². The van der Waals surface area contributed by atoms with E-state index in [1.807, 2.05) is 30.3 Å². The molecule has 6 nitrogen and oxygen atoms in total. The Hall–Kier alpha value is -2.47. The number of carbonyl (C=O) groups is 1. The summed E-state index contributed by atoms with van der Waals surface area (Å²) in [5, 5.41) is 4.34. The number of methoxy groups -OCH3 is 1. The lowest BCUT2D eigenvalue weighted by molar-refractivity contribution is 0.0346. The Bertz CT molecular complexity index is 778. The smallest absolute Gasteiger partial charge is 0.278 e. The molecule has 1 saturated heterocycles. The predicted octanol–water partition coefficient (Wildman–Crippen LogP) is 1.79. The van der Waals surface area contributed by atoms with Crippen molar-refractivity contribution < 1.29 is 9.53 Å². The largest absolute Gasteiger partial charge is 0.381 e. The van der Waals surface area contributed by atoms with Crippen molar-refractivity contribution in [1.82, 2.24) is 14.7 Å². The Morgan fingerprint density at radius 3 is 2.50 bits per heavy atom. The summed E-state index contributed by atoms with van der Waals surface area (Å²) >= 11 is 0. The summed E-state index contributed by atoms with van der Waals surface area (Å²) in [5.74, 6) is -0.306. The second-order valence-electron chi connectivity index (χ2n) is 5.97. The first-order chi connectivity index (χ1) is 11.6. The van der Waals surface area contributed by atoms with Gasteiger partial charge in [-0.3, -0.25) is 9.59 Å². The highest BCUT2D eigenvalue weighted by atomic mass is 16.5. The van der Waals surface area contributed by atoms with Crippen molar-refractivity contribution >= 4 is 5.91 Å². The summed E-state index contributed by atoms with van der Waals surface area (Å²) in [6, 6.07) is 10.9. The molecule has 6 heteroatoms. The molecule has 0 unspecified atom stereocenters. The molecule has 0 atom stereocenters. The number of carbonyl (C=O) groups excluding carboxylic acids is 1. The van der Waals surface area contributed by atoms with Crippen molar-refractivity contribution in [3.8, 4) is 5.69 Å². The third-order valence-corrected chi connectivity index (χ3v) is 4.37. The number of aryl methyl sites for hydroxylation is 1. The highest BCUT2D eigenvalue weighted by molar-refractivity contribution is 5.92. The van der Waals surface area contributed by atoms with Gasteiger partial charge in [0.15, 0.2) is 5.69 Å². The molecule has 1 aliphatic rings. The van der Waals surface area contributed by atoms with E-state index in [1.165, 1.54) is 6.07 Å². The van der Waals surface area contributed by atoms with Crippen LogP contribution in [0.1, 0.15) is 29.0 Å². The summed E-state index contributed by atoms with van der Waals surface area (Å²) in [6.45, 7) is 2.97. The molecule has 126 valence electrons. The average molecular weight is 327 g/mol. The van der Waals surface area contributed by atoms with E-state index in [2.05, 4.69) is 5.10 Å². The van der Waals surface area contributed by atoms with Gasteiger partial charge in [0.2, 0.25) is 5.43 Å². The average Bonchev–Trinajstić information content (AvgIpc) is 2.62. The van der Waals surface area contributed by atoms with Crippen LogP contribution in [0, 0.1) is 6.92 Å². The van der Waals surface area contributed by atoms with Gasteiger partial charge in [0, 0.05) is 32.0 Å². The van der Waals surface area contributed by atoms with E-state index in [1.54, 1.807) is 23.6 Å². The summed E-state index contributed by atoms with van der Waals surface area (Å²) in [6.07, 6.45) is 1.74. The van der Waals surface area contributed by atoms with Crippen LogP contribution in [0.2, 0.25) is 0 Å². The van der Waals surface area contributed by atoms with E-state index in [0.29, 0.717) is 18.8 Å². The number of hydrogen-bond acceptors (Lipinski definition) is 4. The van der Waals surface area contributed by atoms with Crippen molar-refractivity contribution in [2.75, 3.05) is 20.2 Å². The Kier molecular flexibility index (Phi) is 4.76. The van der Waals surface area contributed by atoms with Crippen LogP contribution >= 0.6 is 0 Å². The molecular formula is C18H21N3O3. The second-order valence-corrected chi connectivity index (χ2v) is 5.97. The van der Waals surface area contributed by atoms with E-state index in [4.69, 9.17) is 4.74 Å². The number of amides is 1. The van der Waals surface area contributed by atoms with Crippen LogP contribution in [0.25, 0.3) is 5.69 Å². The van der Waals surface area contributed by atoms with Crippen molar-refractivity contribution in [2.24, 2.45) is 0 Å². The van der Waals surface area contributed by atoms with Crippen LogP contribution in [0.5, 0.6) is 0 Å². The maximum atomic E-state index is 12.7. The Morgan fingerprint density at radius 2 is 1.88 bits per heavy atom. The van der Waals surface area contributed by atoms with Gasteiger partial charge in [0.1, 0.15) is 0 Å². The van der Waals surface area contributed by atoms with Gasteiger partial charge in [-0.15, -0.1) is 0 Å². The lowest BCUT2D eigenvalue weighted by Crippen LogP contribution is -2.43. The molecule has 0 spiro atoms. The van der Waals surface area contributed by atoms with Crippen LogP contribution in [-0.4, -0.2) is 46.9 Å². The molecule has 0 N–H and O–H groups in total. The molecule has 0 aliphatic carbocycles. The van der Waals surface area contributed by atoms with Crippen LogP contribution in [0.4, 0.5) is 0 Å². The number of likely N-dealkylation sites (tertiary alicyclic amines) is 1. The third kappa shape index (κ3) is 3.23. The topological polar surface area (TPSA) is 64.4 Å². The summed E-state index contributed by atoms with van der Waals surface area (Å²) in [5.41, 5.74) is 1.15. The normalized spacial score (nSPS) is 15.5. The van der Waals surface area contributed by atoms with Crippen LogP contribution in [0.15, 0.2) is 41.2 Å². The SMILES string of the molecule is COC1CCN(C(=O)c2nn(-c3ccccc3)c(C)cc2=O)CC1. The van der Waals surface area contributed by atoms with Crippen molar-refractivity contribution in [1.29, 1.82) is 0 Å². The highest BCUT2D eigenvalue weighted by Gasteiger charge is 2.26. The van der Waals surface area contributed by atoms with Gasteiger partial charge in [-0.25, -0.2) is 4.68 Å². The number of aromatic nitrogens is 2. The molecular weight excluding hydrogens is 306 g/mol. The number of ether oxygens (including phenoxy) is 1. The van der Waals surface area contributed by atoms with Crippen molar-refractivity contribution in [3.63, 3.8) is 0 Å². The maximum absolute atomic E-state index is 12.7. The van der Waals surface area contributed by atoms with E-state index in [0.717, 1.165) is 18.5 Å². The number of rotatable bonds is 3. The number of nitrogens with zero attached hydrogens (tertiary/aromatic N) is 3. The Morgan fingerprint density at radius 1 is 1.21 bits per heavy atom. The number of hydrogen-bond donors (Lipinski definition) is 0. The fourth-order valence-corrected chi connectivity index (χ4v) is 2.97. The van der Waals surface area contributed by atoms with Gasteiger partial charge in [-0.05, 0) is 31.9 Å².